The second-order valence-corrected chi connectivity index (χ2v) is 9.65. The summed E-state index contributed by atoms with van der Waals surface area (Å²) in [7, 11) is 2.03. The molecule has 3 rings (SSSR count). The summed E-state index contributed by atoms with van der Waals surface area (Å²) in [6.45, 7) is 3.46. The molecular weight excluding hydrogens is 547 g/mol. The number of ether oxygens (including phenoxy) is 1. The minimum atomic E-state index is -1.26. The van der Waals surface area contributed by atoms with Crippen molar-refractivity contribution in [2.45, 2.75) is 31.7 Å². The molecule has 8 nitrogen and oxygen atoms in total. The average Bonchev–Trinajstić information content (AvgIpc) is 2.93. The lowest BCUT2D eigenvalue weighted by molar-refractivity contribution is -0.134. The molecular formula is C28H34F3N3O5S. The molecule has 218 valence electrons. The van der Waals surface area contributed by atoms with Crippen LogP contribution in [0.15, 0.2) is 59.6 Å². The van der Waals surface area contributed by atoms with Crippen molar-refractivity contribution in [3.8, 4) is 5.75 Å². The molecule has 0 atom stereocenters. The van der Waals surface area contributed by atoms with Gasteiger partial charge in [0.25, 0.3) is 0 Å². The Bertz CT molecular complexity index is 1160. The van der Waals surface area contributed by atoms with Gasteiger partial charge in [-0.05, 0) is 62.7 Å². The number of benzene rings is 2. The third kappa shape index (κ3) is 11.7. The van der Waals surface area contributed by atoms with Crippen molar-refractivity contribution in [2.75, 3.05) is 39.5 Å². The van der Waals surface area contributed by atoms with Crippen molar-refractivity contribution in [2.24, 2.45) is 4.99 Å². The van der Waals surface area contributed by atoms with Gasteiger partial charge < -0.3 is 24.7 Å². The fourth-order valence-electron chi connectivity index (χ4n) is 3.94. The summed E-state index contributed by atoms with van der Waals surface area (Å²) in [6.07, 6.45) is 6.97. The Kier molecular flexibility index (Phi) is 14.1. The van der Waals surface area contributed by atoms with Crippen molar-refractivity contribution in [1.29, 1.82) is 0 Å². The molecule has 0 aliphatic carbocycles. The van der Waals surface area contributed by atoms with Crippen LogP contribution < -0.4 is 4.74 Å². The van der Waals surface area contributed by atoms with E-state index < -0.39 is 23.6 Å². The van der Waals surface area contributed by atoms with Crippen LogP contribution in [-0.2, 0) is 9.59 Å². The minimum Gasteiger partial charge on any atom is -0.493 e. The predicted molar refractivity (Wildman–Crippen MR) is 150 cm³/mol. The van der Waals surface area contributed by atoms with Gasteiger partial charge in [0, 0.05) is 44.4 Å². The van der Waals surface area contributed by atoms with Gasteiger partial charge in [0.15, 0.2) is 16.8 Å². The Labute approximate surface area is 236 Å². The highest BCUT2D eigenvalue weighted by molar-refractivity contribution is 8.13. The number of carboxylic acids is 2. The number of thioether (sulfide) groups is 1. The molecule has 0 radical (unpaired) electrons. The van der Waals surface area contributed by atoms with Crippen LogP contribution in [0.2, 0.25) is 0 Å². The Morgan fingerprint density at radius 2 is 1.68 bits per heavy atom. The summed E-state index contributed by atoms with van der Waals surface area (Å²) < 4.78 is 45.6. The Morgan fingerprint density at radius 1 is 1.02 bits per heavy atom. The molecule has 1 saturated heterocycles. The van der Waals surface area contributed by atoms with E-state index in [4.69, 9.17) is 14.9 Å². The first-order valence-electron chi connectivity index (χ1n) is 12.6. The Morgan fingerprint density at radius 3 is 2.25 bits per heavy atom. The van der Waals surface area contributed by atoms with Gasteiger partial charge in [0.2, 0.25) is 0 Å². The normalized spacial score (nSPS) is 14.5. The van der Waals surface area contributed by atoms with Crippen molar-refractivity contribution >= 4 is 34.6 Å². The van der Waals surface area contributed by atoms with Crippen LogP contribution in [0.5, 0.6) is 5.75 Å². The summed E-state index contributed by atoms with van der Waals surface area (Å²) >= 11 is 1.53. The van der Waals surface area contributed by atoms with E-state index in [9.17, 15) is 22.8 Å². The number of carbonyl (C=O) groups is 2. The van der Waals surface area contributed by atoms with Gasteiger partial charge in [-0.25, -0.2) is 27.8 Å². The second kappa shape index (κ2) is 17.2. The van der Waals surface area contributed by atoms with Crippen molar-refractivity contribution < 1.29 is 37.7 Å². The lowest BCUT2D eigenvalue weighted by atomic mass is 10.0. The first-order chi connectivity index (χ1) is 19.1. The van der Waals surface area contributed by atoms with Crippen LogP contribution in [0.1, 0.15) is 25.7 Å². The lowest BCUT2D eigenvalue weighted by Gasteiger charge is -2.37. The maximum atomic E-state index is 14.0. The molecule has 1 aliphatic rings. The molecule has 0 aromatic heterocycles. The van der Waals surface area contributed by atoms with E-state index in [-0.39, 0.29) is 5.82 Å². The number of para-hydroxylation sites is 1. The van der Waals surface area contributed by atoms with E-state index in [2.05, 4.69) is 14.8 Å². The molecule has 2 aromatic rings. The van der Waals surface area contributed by atoms with Crippen molar-refractivity contribution in [3.05, 3.63) is 72.1 Å². The number of aliphatic carboxylic acids is 2. The van der Waals surface area contributed by atoms with Crippen molar-refractivity contribution in [3.63, 3.8) is 0 Å². The van der Waals surface area contributed by atoms with Crippen LogP contribution in [0, 0.1) is 17.5 Å². The zero-order chi connectivity index (χ0) is 29.5. The Hall–Kier alpha value is -3.51. The number of nitrogens with zero attached hydrogens (tertiary/aromatic N) is 3. The molecule has 0 bridgehead atoms. The molecule has 1 heterocycles. The number of carboxylic acid groups (broad SMARTS) is 2. The number of hydrogen-bond donors (Lipinski definition) is 2. The number of amidine groups is 1. The lowest BCUT2D eigenvalue weighted by Crippen LogP contribution is -2.45. The molecule has 40 heavy (non-hydrogen) atoms. The third-order valence-corrected chi connectivity index (χ3v) is 6.80. The van der Waals surface area contributed by atoms with E-state index >= 15 is 0 Å². The summed E-state index contributed by atoms with van der Waals surface area (Å²) in [5, 5.41) is 16.4. The number of hydrogen-bond acceptors (Lipinski definition) is 6. The van der Waals surface area contributed by atoms with Gasteiger partial charge in [-0.1, -0.05) is 23.9 Å². The van der Waals surface area contributed by atoms with E-state index in [0.29, 0.717) is 36.2 Å². The topological polar surface area (TPSA) is 103 Å². The van der Waals surface area contributed by atoms with Gasteiger partial charge in [0.1, 0.15) is 17.3 Å². The number of piperidine rings is 1. The van der Waals surface area contributed by atoms with E-state index in [0.717, 1.165) is 62.6 Å². The van der Waals surface area contributed by atoms with E-state index in [1.807, 2.05) is 13.3 Å². The molecule has 2 aromatic carbocycles. The van der Waals surface area contributed by atoms with E-state index in [1.54, 1.807) is 18.2 Å². The maximum absolute atomic E-state index is 14.0. The fraction of sp³-hybridized carbons (Fsp3) is 0.393. The summed E-state index contributed by atoms with van der Waals surface area (Å²) in [5.74, 6) is -4.22. The van der Waals surface area contributed by atoms with Gasteiger partial charge in [0.05, 0.1) is 6.61 Å². The smallest absolute Gasteiger partial charge is 0.328 e. The van der Waals surface area contributed by atoms with Gasteiger partial charge >= 0.3 is 11.9 Å². The number of halogens is 3. The summed E-state index contributed by atoms with van der Waals surface area (Å²) in [6, 6.07) is 10.6. The second-order valence-electron chi connectivity index (χ2n) is 8.87. The Balaban J connectivity index is 0.000000611. The van der Waals surface area contributed by atoms with Crippen LogP contribution >= 0.6 is 11.8 Å². The standard InChI is InChI=1S/C24H30F3N3OS.C4H4O4/c1-29(24(32-2)28-23-8-4-3-7-21(23)26)18-11-14-30(15-12-18)13-5-6-16-31-19-9-10-20(25)22(27)17-19;5-3(6)1-2-4(7)8/h3-4,7-10,17-18H,5-6,11-16H2,1-2H3;1-2H,(H,5,6)(H,7,8). The number of likely N-dealkylation sites (tertiary alicyclic amines) is 1. The first kappa shape index (κ1) is 32.7. The van der Waals surface area contributed by atoms with Gasteiger partial charge in [-0.15, -0.1) is 0 Å². The highest BCUT2D eigenvalue weighted by atomic mass is 32.2. The van der Waals surface area contributed by atoms with Crippen LogP contribution in [-0.4, -0.2) is 82.7 Å². The minimum absolute atomic E-state index is 0.309. The molecule has 0 spiro atoms. The first-order valence-corrected chi connectivity index (χ1v) is 13.9. The van der Waals surface area contributed by atoms with Gasteiger partial charge in [-0.2, -0.15) is 0 Å². The molecule has 0 saturated carbocycles. The maximum Gasteiger partial charge on any atom is 0.328 e. The molecule has 1 aliphatic heterocycles. The van der Waals surface area contributed by atoms with Crippen LogP contribution in [0.25, 0.3) is 0 Å². The average molecular weight is 582 g/mol. The SMILES string of the molecule is CSC(=Nc1ccccc1F)N(C)C1CCN(CCCCOc2ccc(F)c(F)c2)CC1.O=C(O)C=CC(=O)O. The number of rotatable bonds is 10. The number of unbranched alkanes of at least 4 members (excludes halogenated alkanes) is 1. The zero-order valence-corrected chi connectivity index (χ0v) is 23.2. The molecule has 1 fully saturated rings. The largest absolute Gasteiger partial charge is 0.493 e. The monoisotopic (exact) mass is 581 g/mol. The highest BCUT2D eigenvalue weighted by Crippen LogP contribution is 2.23. The molecule has 0 unspecified atom stereocenters. The number of aliphatic imine (C=N–C) groups is 1. The summed E-state index contributed by atoms with van der Waals surface area (Å²) in [5.41, 5.74) is 0.367. The highest BCUT2D eigenvalue weighted by Gasteiger charge is 2.24. The zero-order valence-electron chi connectivity index (χ0n) is 22.4. The van der Waals surface area contributed by atoms with Crippen LogP contribution in [0.4, 0.5) is 18.9 Å². The van der Waals surface area contributed by atoms with E-state index in [1.165, 1.54) is 23.9 Å². The summed E-state index contributed by atoms with van der Waals surface area (Å²) in [4.78, 5) is 28.3. The van der Waals surface area contributed by atoms with Crippen LogP contribution in [0.3, 0.4) is 0 Å². The molecule has 2 N–H and O–H groups in total. The molecule has 12 heteroatoms. The predicted octanol–water partition coefficient (Wildman–Crippen LogP) is 5.42. The molecule has 0 amide bonds. The fourth-order valence-corrected chi connectivity index (χ4v) is 4.56. The quantitative estimate of drug-likeness (QED) is 0.166. The third-order valence-electron chi connectivity index (χ3n) is 6.05. The van der Waals surface area contributed by atoms with Gasteiger partial charge in [-0.3, -0.25) is 0 Å². The van der Waals surface area contributed by atoms with Crippen molar-refractivity contribution in [1.82, 2.24) is 9.80 Å².